The molecule has 7 nitrogen and oxygen atoms in total. The average Bonchev–Trinajstić information content (AvgIpc) is 2.36. The Labute approximate surface area is 111 Å². The van der Waals surface area contributed by atoms with Gasteiger partial charge in [0.05, 0.1) is 18.7 Å². The molecule has 7 heteroatoms. The van der Waals surface area contributed by atoms with E-state index in [4.69, 9.17) is 5.11 Å². The summed E-state index contributed by atoms with van der Waals surface area (Å²) in [6.07, 6.45) is 2.89. The Hall–Kier alpha value is -2.18. The molecule has 1 unspecified atom stereocenters. The van der Waals surface area contributed by atoms with E-state index in [-0.39, 0.29) is 18.9 Å². The van der Waals surface area contributed by atoms with E-state index >= 15 is 0 Å². The number of aliphatic carboxylic acids is 1. The summed E-state index contributed by atoms with van der Waals surface area (Å²) in [6.45, 7) is 3.99. The molecule has 19 heavy (non-hydrogen) atoms. The second-order valence-electron chi connectivity index (χ2n) is 4.48. The van der Waals surface area contributed by atoms with Crippen molar-refractivity contribution in [2.45, 2.75) is 32.9 Å². The fourth-order valence-corrected chi connectivity index (χ4v) is 1.45. The van der Waals surface area contributed by atoms with Crippen LogP contribution in [0.3, 0.4) is 0 Å². The lowest BCUT2D eigenvalue weighted by atomic mass is 10.0. The van der Waals surface area contributed by atoms with Crippen LogP contribution in [-0.2, 0) is 11.3 Å². The number of nitrogens with one attached hydrogen (secondary N) is 2. The molecule has 1 aromatic rings. The van der Waals surface area contributed by atoms with Crippen molar-refractivity contribution in [3.05, 3.63) is 24.3 Å². The highest BCUT2D eigenvalue weighted by Crippen LogP contribution is 2.05. The number of nitrogens with zero attached hydrogens (tertiary/aromatic N) is 2. The number of urea groups is 1. The van der Waals surface area contributed by atoms with Gasteiger partial charge in [0.15, 0.2) is 0 Å². The summed E-state index contributed by atoms with van der Waals surface area (Å²) < 4.78 is 0. The normalized spacial score (nSPS) is 11.9. The van der Waals surface area contributed by atoms with Gasteiger partial charge in [-0.2, -0.15) is 0 Å². The molecular weight excluding hydrogens is 248 g/mol. The molecule has 0 bridgehead atoms. The monoisotopic (exact) mass is 266 g/mol. The van der Waals surface area contributed by atoms with Gasteiger partial charge in [-0.05, 0) is 12.0 Å². The highest BCUT2D eigenvalue weighted by Gasteiger charge is 2.19. The Morgan fingerprint density at radius 3 is 2.68 bits per heavy atom. The average molecular weight is 266 g/mol. The molecule has 1 aromatic heterocycles. The Bertz CT molecular complexity index is 422. The number of amides is 2. The van der Waals surface area contributed by atoms with Crippen molar-refractivity contribution in [1.82, 2.24) is 20.6 Å². The molecule has 0 radical (unpaired) electrons. The van der Waals surface area contributed by atoms with Crippen LogP contribution < -0.4 is 10.6 Å². The third-order valence-electron chi connectivity index (χ3n) is 2.59. The van der Waals surface area contributed by atoms with Crippen LogP contribution >= 0.6 is 0 Å². The van der Waals surface area contributed by atoms with Crippen molar-refractivity contribution in [2.75, 3.05) is 0 Å². The van der Waals surface area contributed by atoms with Gasteiger partial charge in [0.2, 0.25) is 0 Å². The smallest absolute Gasteiger partial charge is 0.315 e. The largest absolute Gasteiger partial charge is 0.481 e. The fourth-order valence-electron chi connectivity index (χ4n) is 1.45. The maximum Gasteiger partial charge on any atom is 0.315 e. The van der Waals surface area contributed by atoms with Crippen LogP contribution in [0.5, 0.6) is 0 Å². The zero-order valence-corrected chi connectivity index (χ0v) is 11.0. The van der Waals surface area contributed by atoms with Gasteiger partial charge < -0.3 is 15.7 Å². The van der Waals surface area contributed by atoms with Crippen LogP contribution in [0, 0.1) is 5.92 Å². The van der Waals surface area contributed by atoms with Crippen LogP contribution in [-0.4, -0.2) is 33.1 Å². The van der Waals surface area contributed by atoms with Gasteiger partial charge in [-0.3, -0.25) is 4.79 Å². The van der Waals surface area contributed by atoms with Gasteiger partial charge in [-0.15, -0.1) is 0 Å². The minimum Gasteiger partial charge on any atom is -0.481 e. The van der Waals surface area contributed by atoms with E-state index in [1.807, 2.05) is 13.8 Å². The summed E-state index contributed by atoms with van der Waals surface area (Å²) in [6, 6.07) is 0.888. The standard InChI is InChI=1S/C12H18N4O3/c1-8(2)10(5-11(17)18)16-12(19)14-6-9-3-4-13-7-15-9/h3-4,7-8,10H,5-6H2,1-2H3,(H,17,18)(H2,14,16,19). The topological polar surface area (TPSA) is 104 Å². The molecule has 104 valence electrons. The minimum atomic E-state index is -0.935. The molecule has 0 fully saturated rings. The fraction of sp³-hybridized carbons (Fsp3) is 0.500. The van der Waals surface area contributed by atoms with Gasteiger partial charge in [0, 0.05) is 12.2 Å². The zero-order chi connectivity index (χ0) is 14.3. The van der Waals surface area contributed by atoms with Crippen molar-refractivity contribution in [1.29, 1.82) is 0 Å². The first kappa shape index (κ1) is 14.9. The van der Waals surface area contributed by atoms with Gasteiger partial charge in [-0.1, -0.05) is 13.8 Å². The lowest BCUT2D eigenvalue weighted by Gasteiger charge is -2.20. The van der Waals surface area contributed by atoms with Crippen molar-refractivity contribution >= 4 is 12.0 Å². The van der Waals surface area contributed by atoms with Gasteiger partial charge in [0.25, 0.3) is 0 Å². The number of carboxylic acid groups (broad SMARTS) is 1. The number of carbonyl (C=O) groups excluding carboxylic acids is 1. The molecule has 0 aliphatic carbocycles. The zero-order valence-electron chi connectivity index (χ0n) is 11.0. The summed E-state index contributed by atoms with van der Waals surface area (Å²) in [5.74, 6) is -0.893. The predicted molar refractivity (Wildman–Crippen MR) is 68.3 cm³/mol. The van der Waals surface area contributed by atoms with E-state index < -0.39 is 18.0 Å². The lowest BCUT2D eigenvalue weighted by molar-refractivity contribution is -0.137. The summed E-state index contributed by atoms with van der Waals surface area (Å²) >= 11 is 0. The summed E-state index contributed by atoms with van der Waals surface area (Å²) in [7, 11) is 0. The van der Waals surface area contributed by atoms with Crippen molar-refractivity contribution in [3.63, 3.8) is 0 Å². The Morgan fingerprint density at radius 1 is 1.42 bits per heavy atom. The van der Waals surface area contributed by atoms with E-state index in [9.17, 15) is 9.59 Å². The maximum atomic E-state index is 11.7. The summed E-state index contributed by atoms with van der Waals surface area (Å²) in [5, 5.41) is 14.0. The first-order chi connectivity index (χ1) is 8.99. The molecule has 0 aliphatic rings. The molecule has 1 atom stereocenters. The molecule has 1 rings (SSSR count). The van der Waals surface area contributed by atoms with Crippen LogP contribution in [0.4, 0.5) is 4.79 Å². The Kier molecular flexibility index (Phi) is 5.72. The third kappa shape index (κ3) is 5.80. The Morgan fingerprint density at radius 2 is 2.16 bits per heavy atom. The van der Waals surface area contributed by atoms with Crippen molar-refractivity contribution < 1.29 is 14.7 Å². The molecule has 2 amide bonds. The first-order valence-electron chi connectivity index (χ1n) is 6.00. The van der Waals surface area contributed by atoms with E-state index in [1.54, 1.807) is 12.3 Å². The van der Waals surface area contributed by atoms with E-state index in [0.29, 0.717) is 5.69 Å². The van der Waals surface area contributed by atoms with Crippen molar-refractivity contribution in [3.8, 4) is 0 Å². The van der Waals surface area contributed by atoms with Gasteiger partial charge >= 0.3 is 12.0 Å². The summed E-state index contributed by atoms with van der Waals surface area (Å²) in [4.78, 5) is 30.1. The highest BCUT2D eigenvalue weighted by molar-refractivity contribution is 5.75. The van der Waals surface area contributed by atoms with Crippen molar-refractivity contribution in [2.24, 2.45) is 5.92 Å². The SMILES string of the molecule is CC(C)C(CC(=O)O)NC(=O)NCc1ccncn1. The number of hydrogen-bond acceptors (Lipinski definition) is 4. The maximum absolute atomic E-state index is 11.7. The quantitative estimate of drug-likeness (QED) is 0.705. The van der Waals surface area contributed by atoms with Crippen LogP contribution in [0.15, 0.2) is 18.6 Å². The van der Waals surface area contributed by atoms with Crippen LogP contribution in [0.1, 0.15) is 26.0 Å². The number of rotatable bonds is 6. The van der Waals surface area contributed by atoms with E-state index in [1.165, 1.54) is 6.33 Å². The van der Waals surface area contributed by atoms with Gasteiger partial charge in [0.1, 0.15) is 6.33 Å². The molecule has 0 saturated carbocycles. The molecule has 0 aromatic carbocycles. The molecule has 3 N–H and O–H groups in total. The predicted octanol–water partition coefficient (Wildman–Crippen LogP) is 0.775. The second kappa shape index (κ2) is 7.30. The first-order valence-corrected chi connectivity index (χ1v) is 6.00. The number of aromatic nitrogens is 2. The van der Waals surface area contributed by atoms with E-state index in [0.717, 1.165) is 0 Å². The molecule has 0 saturated heterocycles. The van der Waals surface area contributed by atoms with Crippen LogP contribution in [0.2, 0.25) is 0 Å². The molecule has 1 heterocycles. The third-order valence-corrected chi connectivity index (χ3v) is 2.59. The Balaban J connectivity index is 2.42. The molecule has 0 aliphatic heterocycles. The lowest BCUT2D eigenvalue weighted by Crippen LogP contribution is -2.45. The summed E-state index contributed by atoms with van der Waals surface area (Å²) in [5.41, 5.74) is 0.685. The van der Waals surface area contributed by atoms with Gasteiger partial charge in [-0.25, -0.2) is 14.8 Å². The number of hydrogen-bond donors (Lipinski definition) is 3. The second-order valence-corrected chi connectivity index (χ2v) is 4.48. The molecular formula is C12H18N4O3. The number of carboxylic acids is 1. The number of carbonyl (C=O) groups is 2. The minimum absolute atomic E-state index is 0.0425. The van der Waals surface area contributed by atoms with Crippen LogP contribution in [0.25, 0.3) is 0 Å². The highest BCUT2D eigenvalue weighted by atomic mass is 16.4. The van der Waals surface area contributed by atoms with E-state index in [2.05, 4.69) is 20.6 Å². The molecule has 0 spiro atoms.